The van der Waals surface area contributed by atoms with Crippen LogP contribution in [0.5, 0.6) is 0 Å². The number of carboxylic acids is 1. The first-order valence-corrected chi connectivity index (χ1v) is 6.91. The van der Waals surface area contributed by atoms with Crippen LogP contribution in [0.3, 0.4) is 0 Å². The number of aryl methyl sites for hydroxylation is 2. The summed E-state index contributed by atoms with van der Waals surface area (Å²) in [7, 11) is 0. The molecule has 1 rings (SSSR count). The van der Waals surface area contributed by atoms with Crippen molar-refractivity contribution >= 4 is 23.2 Å². The van der Waals surface area contributed by atoms with Crippen LogP contribution < -0.4 is 0 Å². The van der Waals surface area contributed by atoms with Gasteiger partial charge in [0.1, 0.15) is 0 Å². The number of rotatable bonds is 6. The second-order valence-corrected chi connectivity index (χ2v) is 5.24. The number of carbonyl (C=O) groups is 2. The van der Waals surface area contributed by atoms with Gasteiger partial charge in [-0.25, -0.2) is 0 Å². The Bertz CT molecular complexity index is 439. The second kappa shape index (κ2) is 6.54. The standard InChI is InChI=1S/C13H19NO3S/c1-4-10-9(3)8-11(18-10)13(17)14(5-2)7-6-12(15)16/h8H,4-7H2,1-3H3,(H,15,16). The van der Waals surface area contributed by atoms with Gasteiger partial charge in [-0.1, -0.05) is 6.92 Å². The summed E-state index contributed by atoms with van der Waals surface area (Å²) < 4.78 is 0. The summed E-state index contributed by atoms with van der Waals surface area (Å²) in [5.74, 6) is -0.940. The smallest absolute Gasteiger partial charge is 0.305 e. The van der Waals surface area contributed by atoms with Crippen LogP contribution in [-0.4, -0.2) is 35.0 Å². The molecule has 100 valence electrons. The molecule has 5 heteroatoms. The molecule has 1 N–H and O–H groups in total. The summed E-state index contributed by atoms with van der Waals surface area (Å²) >= 11 is 1.51. The van der Waals surface area contributed by atoms with Gasteiger partial charge in [0.2, 0.25) is 0 Å². The van der Waals surface area contributed by atoms with E-state index in [-0.39, 0.29) is 18.9 Å². The maximum Gasteiger partial charge on any atom is 0.305 e. The van der Waals surface area contributed by atoms with Gasteiger partial charge < -0.3 is 10.0 Å². The first kappa shape index (κ1) is 14.7. The quantitative estimate of drug-likeness (QED) is 0.863. The first-order chi connectivity index (χ1) is 8.49. The molecule has 0 fully saturated rings. The molecule has 0 saturated heterocycles. The Kier molecular flexibility index (Phi) is 5.34. The molecule has 0 spiro atoms. The van der Waals surface area contributed by atoms with Gasteiger partial charge in [-0.15, -0.1) is 11.3 Å². The molecule has 0 unspecified atom stereocenters. The molecule has 0 aliphatic rings. The highest BCUT2D eigenvalue weighted by molar-refractivity contribution is 7.14. The molecule has 4 nitrogen and oxygen atoms in total. The van der Waals surface area contributed by atoms with Crippen LogP contribution in [0.25, 0.3) is 0 Å². The fourth-order valence-electron chi connectivity index (χ4n) is 1.77. The molecular weight excluding hydrogens is 250 g/mol. The molecule has 0 aliphatic heterocycles. The Morgan fingerprint density at radius 3 is 2.50 bits per heavy atom. The van der Waals surface area contributed by atoms with Crippen molar-refractivity contribution in [3.8, 4) is 0 Å². The summed E-state index contributed by atoms with van der Waals surface area (Å²) in [6, 6.07) is 1.90. The van der Waals surface area contributed by atoms with Crippen molar-refractivity contribution in [2.45, 2.75) is 33.6 Å². The number of hydrogen-bond acceptors (Lipinski definition) is 3. The number of hydrogen-bond donors (Lipinski definition) is 1. The van der Waals surface area contributed by atoms with Gasteiger partial charge in [0.25, 0.3) is 5.91 Å². The Hall–Kier alpha value is -1.36. The summed E-state index contributed by atoms with van der Waals surface area (Å²) in [5.41, 5.74) is 1.14. The zero-order chi connectivity index (χ0) is 13.7. The van der Waals surface area contributed by atoms with Crippen molar-refractivity contribution in [2.75, 3.05) is 13.1 Å². The molecule has 1 aromatic rings. The average Bonchev–Trinajstić information content (AvgIpc) is 2.70. The molecule has 1 amide bonds. The van der Waals surface area contributed by atoms with Crippen LogP contribution in [0, 0.1) is 6.92 Å². The number of thiophene rings is 1. The van der Waals surface area contributed by atoms with Crippen molar-refractivity contribution < 1.29 is 14.7 Å². The molecule has 0 radical (unpaired) electrons. The largest absolute Gasteiger partial charge is 0.481 e. The maximum atomic E-state index is 12.2. The van der Waals surface area contributed by atoms with Gasteiger partial charge in [-0.2, -0.15) is 0 Å². The molecule has 0 aliphatic carbocycles. The van der Waals surface area contributed by atoms with E-state index >= 15 is 0 Å². The van der Waals surface area contributed by atoms with Gasteiger partial charge in [-0.05, 0) is 31.9 Å². The highest BCUT2D eigenvalue weighted by Crippen LogP contribution is 2.23. The Labute approximate surface area is 111 Å². The van der Waals surface area contributed by atoms with Crippen LogP contribution in [0.2, 0.25) is 0 Å². The number of amides is 1. The number of nitrogens with zero attached hydrogens (tertiary/aromatic N) is 1. The third kappa shape index (κ3) is 3.57. The van der Waals surface area contributed by atoms with Gasteiger partial charge in [-0.3, -0.25) is 9.59 Å². The van der Waals surface area contributed by atoms with Crippen molar-refractivity contribution in [3.05, 3.63) is 21.4 Å². The molecule has 1 aromatic heterocycles. The molecule has 18 heavy (non-hydrogen) atoms. The zero-order valence-electron chi connectivity index (χ0n) is 11.0. The van der Waals surface area contributed by atoms with E-state index in [0.717, 1.165) is 12.0 Å². The minimum absolute atomic E-state index is 0.00935. The van der Waals surface area contributed by atoms with Gasteiger partial charge in [0.05, 0.1) is 11.3 Å². The predicted octanol–water partition coefficient (Wildman–Crippen LogP) is 2.56. The topological polar surface area (TPSA) is 57.6 Å². The van der Waals surface area contributed by atoms with E-state index in [1.807, 2.05) is 19.9 Å². The van der Waals surface area contributed by atoms with Crippen LogP contribution >= 0.6 is 11.3 Å². The van der Waals surface area contributed by atoms with E-state index in [1.165, 1.54) is 16.2 Å². The highest BCUT2D eigenvalue weighted by Gasteiger charge is 2.18. The van der Waals surface area contributed by atoms with E-state index in [4.69, 9.17) is 5.11 Å². The lowest BCUT2D eigenvalue weighted by atomic mass is 10.2. The third-order valence-corrected chi connectivity index (χ3v) is 4.19. The first-order valence-electron chi connectivity index (χ1n) is 6.09. The van der Waals surface area contributed by atoms with Crippen LogP contribution in [-0.2, 0) is 11.2 Å². The normalized spacial score (nSPS) is 10.4. The number of carbonyl (C=O) groups excluding carboxylic acids is 1. The van der Waals surface area contributed by atoms with E-state index in [1.54, 1.807) is 4.90 Å². The van der Waals surface area contributed by atoms with E-state index in [9.17, 15) is 9.59 Å². The van der Waals surface area contributed by atoms with Crippen molar-refractivity contribution in [1.82, 2.24) is 4.90 Å². The molecule has 0 atom stereocenters. The number of aliphatic carboxylic acids is 1. The third-order valence-electron chi connectivity index (χ3n) is 2.82. The predicted molar refractivity (Wildman–Crippen MR) is 72.3 cm³/mol. The van der Waals surface area contributed by atoms with Crippen LogP contribution in [0.15, 0.2) is 6.07 Å². The van der Waals surface area contributed by atoms with Crippen LogP contribution in [0.1, 0.15) is 40.4 Å². The fourth-order valence-corrected chi connectivity index (χ4v) is 2.85. The Morgan fingerprint density at radius 1 is 1.39 bits per heavy atom. The average molecular weight is 269 g/mol. The maximum absolute atomic E-state index is 12.2. The summed E-state index contributed by atoms with van der Waals surface area (Å²) in [5, 5.41) is 8.66. The van der Waals surface area contributed by atoms with E-state index in [0.29, 0.717) is 11.4 Å². The van der Waals surface area contributed by atoms with Gasteiger partial charge >= 0.3 is 5.97 Å². The molecule has 0 bridgehead atoms. The van der Waals surface area contributed by atoms with Gasteiger partial charge in [0.15, 0.2) is 0 Å². The van der Waals surface area contributed by atoms with Crippen molar-refractivity contribution in [1.29, 1.82) is 0 Å². The van der Waals surface area contributed by atoms with Gasteiger partial charge in [0, 0.05) is 18.0 Å². The highest BCUT2D eigenvalue weighted by atomic mass is 32.1. The molecule has 0 aromatic carbocycles. The second-order valence-electron chi connectivity index (χ2n) is 4.10. The lowest BCUT2D eigenvalue weighted by Gasteiger charge is -2.18. The minimum atomic E-state index is -0.877. The van der Waals surface area contributed by atoms with E-state index < -0.39 is 5.97 Å². The zero-order valence-corrected chi connectivity index (χ0v) is 11.8. The summed E-state index contributed by atoms with van der Waals surface area (Å²) in [6.07, 6.45) is 0.912. The lowest BCUT2D eigenvalue weighted by molar-refractivity contribution is -0.137. The number of carboxylic acid groups (broad SMARTS) is 1. The monoisotopic (exact) mass is 269 g/mol. The minimum Gasteiger partial charge on any atom is -0.481 e. The summed E-state index contributed by atoms with van der Waals surface area (Å²) in [4.78, 5) is 26.3. The summed E-state index contributed by atoms with van der Waals surface area (Å²) in [6.45, 7) is 6.73. The molecular formula is C13H19NO3S. The Balaban J connectivity index is 2.79. The lowest BCUT2D eigenvalue weighted by Crippen LogP contribution is -2.32. The molecule has 1 heterocycles. The van der Waals surface area contributed by atoms with Crippen molar-refractivity contribution in [3.63, 3.8) is 0 Å². The van der Waals surface area contributed by atoms with E-state index in [2.05, 4.69) is 6.92 Å². The Morgan fingerprint density at radius 2 is 2.06 bits per heavy atom. The molecule has 0 saturated carbocycles. The fraction of sp³-hybridized carbons (Fsp3) is 0.538. The van der Waals surface area contributed by atoms with Crippen molar-refractivity contribution in [2.24, 2.45) is 0 Å². The SMILES string of the molecule is CCc1sc(C(=O)N(CC)CCC(=O)O)cc1C. The van der Waals surface area contributed by atoms with Crippen LogP contribution in [0.4, 0.5) is 0 Å².